The quantitative estimate of drug-likeness (QED) is 0.688. The SMILES string of the molecule is CNC(C)(CCCN(C)CC1CCCC1)C(N)=O. The number of hydrogen-bond acceptors (Lipinski definition) is 3. The third kappa shape index (κ3) is 4.58. The van der Waals surface area contributed by atoms with E-state index in [0.717, 1.165) is 25.3 Å². The van der Waals surface area contributed by atoms with E-state index in [2.05, 4.69) is 17.3 Å². The largest absolute Gasteiger partial charge is 0.368 e. The van der Waals surface area contributed by atoms with E-state index in [1.54, 1.807) is 7.05 Å². The Balaban J connectivity index is 2.21. The minimum absolute atomic E-state index is 0.261. The molecule has 0 aromatic rings. The maximum absolute atomic E-state index is 11.4. The highest BCUT2D eigenvalue weighted by Crippen LogP contribution is 2.25. The van der Waals surface area contributed by atoms with Crippen LogP contribution in [0.15, 0.2) is 0 Å². The minimum atomic E-state index is -0.561. The molecule has 1 atom stereocenters. The summed E-state index contributed by atoms with van der Waals surface area (Å²) in [5, 5.41) is 3.03. The zero-order valence-electron chi connectivity index (χ0n) is 12.2. The lowest BCUT2D eigenvalue weighted by Crippen LogP contribution is -2.51. The second kappa shape index (κ2) is 7.10. The van der Waals surface area contributed by atoms with Crippen molar-refractivity contribution in [3.63, 3.8) is 0 Å². The molecule has 4 heteroatoms. The average Bonchev–Trinajstić information content (AvgIpc) is 2.81. The summed E-state index contributed by atoms with van der Waals surface area (Å²) in [6, 6.07) is 0. The average molecular weight is 255 g/mol. The number of likely N-dealkylation sites (N-methyl/N-ethyl adjacent to an activating group) is 1. The zero-order chi connectivity index (χ0) is 13.6. The van der Waals surface area contributed by atoms with E-state index in [1.165, 1.54) is 32.2 Å². The normalized spacial score (nSPS) is 20.2. The molecule has 106 valence electrons. The van der Waals surface area contributed by atoms with E-state index in [0.29, 0.717) is 0 Å². The highest BCUT2D eigenvalue weighted by Gasteiger charge is 2.28. The molecule has 1 saturated carbocycles. The molecule has 1 aliphatic rings. The first kappa shape index (κ1) is 15.4. The van der Waals surface area contributed by atoms with E-state index in [1.807, 2.05) is 6.92 Å². The van der Waals surface area contributed by atoms with Crippen molar-refractivity contribution in [3.8, 4) is 0 Å². The summed E-state index contributed by atoms with van der Waals surface area (Å²) in [6.45, 7) is 4.13. The van der Waals surface area contributed by atoms with Crippen LogP contribution < -0.4 is 11.1 Å². The molecular weight excluding hydrogens is 226 g/mol. The molecule has 1 unspecified atom stereocenters. The Morgan fingerprint density at radius 2 is 2.06 bits per heavy atom. The second-order valence-corrected chi connectivity index (χ2v) is 5.96. The van der Waals surface area contributed by atoms with Gasteiger partial charge < -0.3 is 16.0 Å². The van der Waals surface area contributed by atoms with Gasteiger partial charge >= 0.3 is 0 Å². The highest BCUT2D eigenvalue weighted by atomic mass is 16.1. The van der Waals surface area contributed by atoms with Gasteiger partial charge in [0.15, 0.2) is 0 Å². The lowest BCUT2D eigenvalue weighted by atomic mass is 9.95. The fourth-order valence-electron chi connectivity index (χ4n) is 2.80. The first-order valence-corrected chi connectivity index (χ1v) is 7.15. The number of carbonyl (C=O) groups is 1. The Morgan fingerprint density at radius 1 is 1.44 bits per heavy atom. The van der Waals surface area contributed by atoms with Crippen LogP contribution in [0.4, 0.5) is 0 Å². The van der Waals surface area contributed by atoms with Gasteiger partial charge in [-0.3, -0.25) is 4.79 Å². The van der Waals surface area contributed by atoms with Crippen molar-refractivity contribution in [3.05, 3.63) is 0 Å². The fraction of sp³-hybridized carbons (Fsp3) is 0.929. The van der Waals surface area contributed by atoms with E-state index >= 15 is 0 Å². The summed E-state index contributed by atoms with van der Waals surface area (Å²) in [6.07, 6.45) is 7.38. The molecule has 18 heavy (non-hydrogen) atoms. The van der Waals surface area contributed by atoms with Crippen molar-refractivity contribution >= 4 is 5.91 Å². The molecule has 0 aromatic heterocycles. The van der Waals surface area contributed by atoms with Crippen LogP contribution in [0.1, 0.15) is 45.4 Å². The molecule has 1 fully saturated rings. The van der Waals surface area contributed by atoms with Gasteiger partial charge in [-0.05, 0) is 59.2 Å². The lowest BCUT2D eigenvalue weighted by Gasteiger charge is -2.27. The number of hydrogen-bond donors (Lipinski definition) is 2. The maximum atomic E-state index is 11.4. The van der Waals surface area contributed by atoms with Gasteiger partial charge in [0.25, 0.3) is 0 Å². The van der Waals surface area contributed by atoms with Crippen LogP contribution in [0.3, 0.4) is 0 Å². The summed E-state index contributed by atoms with van der Waals surface area (Å²) in [5.41, 5.74) is 4.85. The van der Waals surface area contributed by atoms with E-state index in [-0.39, 0.29) is 5.91 Å². The molecule has 1 aliphatic carbocycles. The van der Waals surface area contributed by atoms with Crippen molar-refractivity contribution in [2.45, 2.75) is 51.0 Å². The summed E-state index contributed by atoms with van der Waals surface area (Å²) in [4.78, 5) is 13.7. The molecule has 0 radical (unpaired) electrons. The van der Waals surface area contributed by atoms with Gasteiger partial charge in [-0.15, -0.1) is 0 Å². The zero-order valence-corrected chi connectivity index (χ0v) is 12.2. The third-order valence-electron chi connectivity index (χ3n) is 4.36. The van der Waals surface area contributed by atoms with Gasteiger partial charge in [0.2, 0.25) is 5.91 Å². The smallest absolute Gasteiger partial charge is 0.237 e. The number of carbonyl (C=O) groups excluding carboxylic acids is 1. The van der Waals surface area contributed by atoms with Crippen LogP contribution in [0.2, 0.25) is 0 Å². The molecule has 0 heterocycles. The predicted octanol–water partition coefficient (Wildman–Crippen LogP) is 1.35. The number of nitrogens with one attached hydrogen (secondary N) is 1. The van der Waals surface area contributed by atoms with Crippen LogP contribution >= 0.6 is 0 Å². The van der Waals surface area contributed by atoms with Gasteiger partial charge in [0.1, 0.15) is 0 Å². The number of primary amides is 1. The van der Waals surface area contributed by atoms with Gasteiger partial charge in [-0.2, -0.15) is 0 Å². The molecule has 0 spiro atoms. The lowest BCUT2D eigenvalue weighted by molar-refractivity contribution is -0.123. The van der Waals surface area contributed by atoms with Crippen LogP contribution in [0.5, 0.6) is 0 Å². The number of nitrogens with zero attached hydrogens (tertiary/aromatic N) is 1. The van der Waals surface area contributed by atoms with Crippen LogP contribution in [0.25, 0.3) is 0 Å². The van der Waals surface area contributed by atoms with Crippen molar-refractivity contribution in [2.75, 3.05) is 27.2 Å². The monoisotopic (exact) mass is 255 g/mol. The fourth-order valence-corrected chi connectivity index (χ4v) is 2.80. The Labute approximate surface area is 111 Å². The number of amides is 1. The summed E-state index contributed by atoms with van der Waals surface area (Å²) < 4.78 is 0. The second-order valence-electron chi connectivity index (χ2n) is 5.96. The van der Waals surface area contributed by atoms with E-state index in [4.69, 9.17) is 5.73 Å². The number of rotatable bonds is 8. The first-order chi connectivity index (χ1) is 8.48. The molecule has 0 bridgehead atoms. The Bertz CT molecular complexity index is 264. The minimum Gasteiger partial charge on any atom is -0.368 e. The van der Waals surface area contributed by atoms with Crippen LogP contribution in [0, 0.1) is 5.92 Å². The first-order valence-electron chi connectivity index (χ1n) is 7.15. The number of nitrogens with two attached hydrogens (primary N) is 1. The molecule has 0 saturated heterocycles. The Morgan fingerprint density at radius 3 is 2.56 bits per heavy atom. The Kier molecular flexibility index (Phi) is 6.09. The molecule has 1 amide bonds. The van der Waals surface area contributed by atoms with Gasteiger partial charge in [0.05, 0.1) is 5.54 Å². The van der Waals surface area contributed by atoms with Gasteiger partial charge in [0, 0.05) is 6.54 Å². The van der Waals surface area contributed by atoms with Gasteiger partial charge in [-0.1, -0.05) is 12.8 Å². The molecule has 1 rings (SSSR count). The molecule has 0 aliphatic heterocycles. The summed E-state index contributed by atoms with van der Waals surface area (Å²) in [5.74, 6) is 0.630. The molecule has 4 nitrogen and oxygen atoms in total. The summed E-state index contributed by atoms with van der Waals surface area (Å²) in [7, 11) is 3.98. The van der Waals surface area contributed by atoms with Crippen molar-refractivity contribution < 1.29 is 4.79 Å². The molecular formula is C14H29N3O. The topological polar surface area (TPSA) is 58.4 Å². The molecule has 3 N–H and O–H groups in total. The standard InChI is InChI=1S/C14H29N3O/c1-14(16-2,13(15)18)9-6-10-17(3)11-12-7-4-5-8-12/h12,16H,4-11H2,1-3H3,(H2,15,18). The van der Waals surface area contributed by atoms with Gasteiger partial charge in [-0.25, -0.2) is 0 Å². The van der Waals surface area contributed by atoms with E-state index in [9.17, 15) is 4.79 Å². The van der Waals surface area contributed by atoms with Crippen molar-refractivity contribution in [2.24, 2.45) is 11.7 Å². The highest BCUT2D eigenvalue weighted by molar-refractivity contribution is 5.84. The van der Waals surface area contributed by atoms with Crippen molar-refractivity contribution in [1.29, 1.82) is 0 Å². The summed E-state index contributed by atoms with van der Waals surface area (Å²) >= 11 is 0. The van der Waals surface area contributed by atoms with Crippen molar-refractivity contribution in [1.82, 2.24) is 10.2 Å². The predicted molar refractivity (Wildman–Crippen MR) is 75.3 cm³/mol. The molecule has 0 aromatic carbocycles. The Hall–Kier alpha value is -0.610. The van der Waals surface area contributed by atoms with E-state index < -0.39 is 5.54 Å². The maximum Gasteiger partial charge on any atom is 0.237 e. The van der Waals surface area contributed by atoms with Crippen LogP contribution in [-0.2, 0) is 4.79 Å². The van der Waals surface area contributed by atoms with Crippen LogP contribution in [-0.4, -0.2) is 43.5 Å². The third-order valence-corrected chi connectivity index (χ3v) is 4.36.